The third kappa shape index (κ3) is 7.86. The molecule has 0 amide bonds. The molecule has 2 aliphatic rings. The van der Waals surface area contributed by atoms with Gasteiger partial charge in [-0.05, 0) is 63.7 Å². The van der Waals surface area contributed by atoms with Gasteiger partial charge in [0.25, 0.3) is 0 Å². The van der Waals surface area contributed by atoms with Crippen LogP contribution in [0.4, 0.5) is 0 Å². The largest absolute Gasteiger partial charge is 0.461 e. The summed E-state index contributed by atoms with van der Waals surface area (Å²) in [5.41, 5.74) is -0.260. The fourth-order valence-electron chi connectivity index (χ4n) is 5.22. The van der Waals surface area contributed by atoms with Crippen molar-refractivity contribution in [2.24, 2.45) is 17.8 Å². The molecule has 0 saturated heterocycles. The van der Waals surface area contributed by atoms with Gasteiger partial charge in [-0.15, -0.1) is 11.3 Å². The lowest BCUT2D eigenvalue weighted by Crippen LogP contribution is -2.28. The number of hydrogen-bond donors (Lipinski definition) is 2. The summed E-state index contributed by atoms with van der Waals surface area (Å²) < 4.78 is 5.86. The highest BCUT2D eigenvalue weighted by Gasteiger charge is 2.33. The van der Waals surface area contributed by atoms with Crippen molar-refractivity contribution < 1.29 is 19.7 Å². The maximum absolute atomic E-state index is 11.8. The molecule has 32 heavy (non-hydrogen) atoms. The van der Waals surface area contributed by atoms with Crippen LogP contribution in [0.2, 0.25) is 0 Å². The van der Waals surface area contributed by atoms with Gasteiger partial charge in [-0.25, -0.2) is 9.78 Å². The second kappa shape index (κ2) is 12.5. The molecule has 0 bridgehead atoms. The molecule has 180 valence electrons. The third-order valence-electron chi connectivity index (χ3n) is 6.88. The number of carbonyl (C=O) groups is 1. The SMILES string of the molecule is CCOC(=O)c1csc(SCCC2C(O)CCC2C=CCC(C)(O)CC2CCCCC2)n1. The zero-order valence-electron chi connectivity index (χ0n) is 19.5. The van der Waals surface area contributed by atoms with E-state index in [1.165, 1.54) is 43.4 Å². The number of aliphatic hydroxyl groups is 2. The quantitative estimate of drug-likeness (QED) is 0.234. The maximum atomic E-state index is 11.8. The number of hydrogen-bond acceptors (Lipinski definition) is 7. The highest BCUT2D eigenvalue weighted by molar-refractivity contribution is 8.01. The van der Waals surface area contributed by atoms with E-state index in [4.69, 9.17) is 4.74 Å². The van der Waals surface area contributed by atoms with E-state index in [-0.39, 0.29) is 18.0 Å². The standard InChI is InChI=1S/C25H39NO4S2/c1-3-30-23(28)21-17-32-24(26-21)31-15-13-20-19(11-12-22(20)27)10-7-14-25(2,29)16-18-8-5-4-6-9-18/h7,10,17-20,22,27,29H,3-6,8-9,11-16H2,1-2H3. The first kappa shape index (κ1) is 25.7. The monoisotopic (exact) mass is 481 g/mol. The lowest BCUT2D eigenvalue weighted by molar-refractivity contribution is 0.0302. The Labute approximate surface area is 201 Å². The van der Waals surface area contributed by atoms with Gasteiger partial charge in [-0.1, -0.05) is 56.0 Å². The minimum atomic E-state index is -0.636. The number of nitrogens with zero attached hydrogens (tertiary/aromatic N) is 1. The summed E-state index contributed by atoms with van der Waals surface area (Å²) in [6, 6.07) is 0. The molecule has 7 heteroatoms. The summed E-state index contributed by atoms with van der Waals surface area (Å²) in [4.78, 5) is 16.1. The van der Waals surface area contributed by atoms with Crippen LogP contribution >= 0.6 is 23.1 Å². The summed E-state index contributed by atoms with van der Waals surface area (Å²) in [5.74, 6) is 1.77. The lowest BCUT2D eigenvalue weighted by Gasteiger charge is -2.30. The van der Waals surface area contributed by atoms with E-state index in [2.05, 4.69) is 17.1 Å². The van der Waals surface area contributed by atoms with E-state index >= 15 is 0 Å². The number of ether oxygens (including phenoxy) is 1. The van der Waals surface area contributed by atoms with E-state index < -0.39 is 5.60 Å². The molecule has 0 radical (unpaired) electrons. The van der Waals surface area contributed by atoms with Gasteiger partial charge in [0.2, 0.25) is 0 Å². The molecule has 2 saturated carbocycles. The average molecular weight is 482 g/mol. The Bertz CT molecular complexity index is 742. The first-order valence-corrected chi connectivity index (χ1v) is 14.1. The molecule has 3 rings (SSSR count). The molecule has 0 spiro atoms. The average Bonchev–Trinajstić information content (AvgIpc) is 3.36. The normalized spacial score (nSPS) is 26.4. The molecular formula is C25H39NO4S2. The topological polar surface area (TPSA) is 79.7 Å². The van der Waals surface area contributed by atoms with Gasteiger partial charge in [0, 0.05) is 11.1 Å². The van der Waals surface area contributed by atoms with Gasteiger partial charge < -0.3 is 14.9 Å². The van der Waals surface area contributed by atoms with Crippen LogP contribution in [-0.2, 0) is 4.74 Å². The van der Waals surface area contributed by atoms with Crippen molar-refractivity contribution in [1.82, 2.24) is 4.98 Å². The van der Waals surface area contributed by atoms with Crippen molar-refractivity contribution in [3.8, 4) is 0 Å². The molecular weight excluding hydrogens is 442 g/mol. The Morgan fingerprint density at radius 3 is 2.84 bits per heavy atom. The Morgan fingerprint density at radius 1 is 1.31 bits per heavy atom. The van der Waals surface area contributed by atoms with Crippen molar-refractivity contribution >= 4 is 29.1 Å². The van der Waals surface area contributed by atoms with Crippen molar-refractivity contribution in [2.45, 2.75) is 94.1 Å². The fourth-order valence-corrected chi connectivity index (χ4v) is 7.13. The van der Waals surface area contributed by atoms with Crippen LogP contribution in [0.25, 0.3) is 0 Å². The van der Waals surface area contributed by atoms with E-state index in [0.29, 0.717) is 30.6 Å². The minimum absolute atomic E-state index is 0.242. The molecule has 2 fully saturated rings. The second-order valence-electron chi connectivity index (χ2n) is 9.67. The number of carbonyl (C=O) groups excluding carboxylic acids is 1. The van der Waals surface area contributed by atoms with Gasteiger partial charge in [-0.3, -0.25) is 0 Å². The number of aliphatic hydroxyl groups excluding tert-OH is 1. The predicted octanol–water partition coefficient (Wildman–Crippen LogP) is 5.86. The Kier molecular flexibility index (Phi) is 10.1. The second-order valence-corrected chi connectivity index (χ2v) is 11.9. The van der Waals surface area contributed by atoms with Crippen LogP contribution in [0.5, 0.6) is 0 Å². The van der Waals surface area contributed by atoms with Crippen LogP contribution in [0.15, 0.2) is 21.9 Å². The fraction of sp³-hybridized carbons (Fsp3) is 0.760. The summed E-state index contributed by atoms with van der Waals surface area (Å²) in [7, 11) is 0. The summed E-state index contributed by atoms with van der Waals surface area (Å²) in [5, 5.41) is 23.1. The zero-order chi connectivity index (χ0) is 23.0. The molecule has 4 atom stereocenters. The van der Waals surface area contributed by atoms with Crippen LogP contribution in [-0.4, -0.2) is 45.2 Å². The number of thioether (sulfide) groups is 1. The first-order chi connectivity index (χ1) is 15.4. The molecule has 4 unspecified atom stereocenters. The maximum Gasteiger partial charge on any atom is 0.357 e. The molecule has 1 aromatic rings. The van der Waals surface area contributed by atoms with Crippen molar-refractivity contribution in [3.05, 3.63) is 23.2 Å². The summed E-state index contributed by atoms with van der Waals surface area (Å²) in [6.07, 6.45) is 14.9. The molecule has 2 N–H and O–H groups in total. The lowest BCUT2D eigenvalue weighted by atomic mass is 9.80. The van der Waals surface area contributed by atoms with Crippen LogP contribution < -0.4 is 0 Å². The highest BCUT2D eigenvalue weighted by Crippen LogP contribution is 2.38. The zero-order valence-corrected chi connectivity index (χ0v) is 21.1. The molecule has 1 heterocycles. The predicted molar refractivity (Wildman–Crippen MR) is 131 cm³/mol. The highest BCUT2D eigenvalue weighted by atomic mass is 32.2. The third-order valence-corrected chi connectivity index (χ3v) is 8.93. The molecule has 2 aliphatic carbocycles. The molecule has 5 nitrogen and oxygen atoms in total. The number of aromatic nitrogens is 1. The molecule has 0 aromatic carbocycles. The summed E-state index contributed by atoms with van der Waals surface area (Å²) in [6.45, 7) is 4.11. The number of rotatable bonds is 11. The van der Waals surface area contributed by atoms with E-state index in [0.717, 1.165) is 35.8 Å². The van der Waals surface area contributed by atoms with Gasteiger partial charge in [0.15, 0.2) is 10.0 Å². The van der Waals surface area contributed by atoms with Crippen molar-refractivity contribution in [1.29, 1.82) is 0 Å². The number of esters is 1. The van der Waals surface area contributed by atoms with Crippen molar-refractivity contribution in [2.75, 3.05) is 12.4 Å². The first-order valence-electron chi connectivity index (χ1n) is 12.2. The van der Waals surface area contributed by atoms with Gasteiger partial charge in [-0.2, -0.15) is 0 Å². The van der Waals surface area contributed by atoms with Crippen molar-refractivity contribution in [3.63, 3.8) is 0 Å². The minimum Gasteiger partial charge on any atom is -0.461 e. The Morgan fingerprint density at radius 2 is 2.09 bits per heavy atom. The number of allylic oxidation sites excluding steroid dienone is 1. The van der Waals surface area contributed by atoms with E-state index in [9.17, 15) is 15.0 Å². The summed E-state index contributed by atoms with van der Waals surface area (Å²) >= 11 is 3.10. The van der Waals surface area contributed by atoms with Gasteiger partial charge in [0.1, 0.15) is 0 Å². The molecule has 0 aliphatic heterocycles. The van der Waals surface area contributed by atoms with Crippen LogP contribution in [0, 0.1) is 17.8 Å². The molecule has 1 aromatic heterocycles. The van der Waals surface area contributed by atoms with E-state index in [1.54, 1.807) is 24.1 Å². The van der Waals surface area contributed by atoms with Crippen LogP contribution in [0.1, 0.15) is 88.5 Å². The Hall–Kier alpha value is -0.890. The van der Waals surface area contributed by atoms with E-state index in [1.807, 2.05) is 6.92 Å². The Balaban J connectivity index is 1.44. The number of thiazole rings is 1. The van der Waals surface area contributed by atoms with Gasteiger partial charge >= 0.3 is 5.97 Å². The smallest absolute Gasteiger partial charge is 0.357 e. The van der Waals surface area contributed by atoms with Crippen LogP contribution in [0.3, 0.4) is 0 Å². The van der Waals surface area contributed by atoms with Gasteiger partial charge in [0.05, 0.1) is 18.3 Å².